The molecule has 2 fully saturated rings. The highest BCUT2D eigenvalue weighted by molar-refractivity contribution is 5.94. The van der Waals surface area contributed by atoms with Crippen LogP contribution in [0.2, 0.25) is 0 Å². The molecule has 33 heavy (non-hydrogen) atoms. The average molecular weight is 453 g/mol. The van der Waals surface area contributed by atoms with Gasteiger partial charge in [-0.05, 0) is 62.4 Å². The van der Waals surface area contributed by atoms with Gasteiger partial charge in [-0.3, -0.25) is 9.59 Å². The fraction of sp³-hybridized carbons (Fsp3) is 0.462. The number of ether oxygens (including phenoxy) is 3. The molecule has 2 amide bonds. The van der Waals surface area contributed by atoms with Gasteiger partial charge in [-0.15, -0.1) is 0 Å². The number of hydrogen-bond donors (Lipinski definition) is 1. The van der Waals surface area contributed by atoms with Crippen LogP contribution in [0.15, 0.2) is 48.5 Å². The van der Waals surface area contributed by atoms with Crippen molar-refractivity contribution >= 4 is 17.5 Å². The number of benzene rings is 2. The van der Waals surface area contributed by atoms with Crippen molar-refractivity contribution in [2.75, 3.05) is 38.2 Å². The number of rotatable bonds is 8. The molecule has 176 valence electrons. The van der Waals surface area contributed by atoms with Gasteiger partial charge in [0.25, 0.3) is 5.91 Å². The molecule has 0 aliphatic carbocycles. The van der Waals surface area contributed by atoms with Crippen LogP contribution in [0.4, 0.5) is 5.69 Å². The first-order valence-corrected chi connectivity index (χ1v) is 11.7. The van der Waals surface area contributed by atoms with E-state index in [0.717, 1.165) is 25.0 Å². The van der Waals surface area contributed by atoms with Crippen LogP contribution in [0.25, 0.3) is 0 Å². The Morgan fingerprint density at radius 3 is 2.58 bits per heavy atom. The summed E-state index contributed by atoms with van der Waals surface area (Å²) in [6.45, 7) is 4.37. The second-order valence-electron chi connectivity index (χ2n) is 8.69. The lowest BCUT2D eigenvalue weighted by Gasteiger charge is -2.31. The van der Waals surface area contributed by atoms with Gasteiger partial charge >= 0.3 is 0 Å². The molecule has 4 rings (SSSR count). The quantitative estimate of drug-likeness (QED) is 0.659. The van der Waals surface area contributed by atoms with E-state index >= 15 is 0 Å². The van der Waals surface area contributed by atoms with Crippen molar-refractivity contribution in [3.63, 3.8) is 0 Å². The molecule has 1 atom stereocenters. The average Bonchev–Trinajstić information content (AvgIpc) is 3.37. The van der Waals surface area contributed by atoms with Crippen molar-refractivity contribution in [3.8, 4) is 11.5 Å². The molecule has 7 nitrogen and oxygen atoms in total. The summed E-state index contributed by atoms with van der Waals surface area (Å²) < 4.78 is 17.2. The normalized spacial score (nSPS) is 18.7. The number of aryl methyl sites for hydroxylation is 1. The Labute approximate surface area is 195 Å². The van der Waals surface area contributed by atoms with Crippen LogP contribution in [0.1, 0.15) is 31.2 Å². The SMILES string of the molecule is Cc1ccc(NC(=O)C2CCN(C(=O)COc3ccccc3)CC2)c(OCC2CCCO2)c1. The summed E-state index contributed by atoms with van der Waals surface area (Å²) >= 11 is 0. The molecule has 2 aromatic rings. The van der Waals surface area contributed by atoms with Crippen molar-refractivity contribution in [1.82, 2.24) is 4.90 Å². The van der Waals surface area contributed by atoms with Gasteiger partial charge in [0.15, 0.2) is 6.61 Å². The Balaban J connectivity index is 1.26. The van der Waals surface area contributed by atoms with Gasteiger partial charge in [0.2, 0.25) is 5.91 Å². The maximum absolute atomic E-state index is 12.9. The number of para-hydroxylation sites is 1. The highest BCUT2D eigenvalue weighted by Gasteiger charge is 2.28. The second-order valence-corrected chi connectivity index (χ2v) is 8.69. The Morgan fingerprint density at radius 1 is 1.06 bits per heavy atom. The van der Waals surface area contributed by atoms with Gasteiger partial charge in [0.1, 0.15) is 18.1 Å². The van der Waals surface area contributed by atoms with Gasteiger partial charge < -0.3 is 24.4 Å². The Kier molecular flexibility index (Phi) is 7.83. The van der Waals surface area contributed by atoms with E-state index in [0.29, 0.717) is 49.7 Å². The third kappa shape index (κ3) is 6.48. The van der Waals surface area contributed by atoms with Gasteiger partial charge in [0.05, 0.1) is 11.8 Å². The lowest BCUT2D eigenvalue weighted by atomic mass is 9.95. The Hall–Kier alpha value is -3.06. The summed E-state index contributed by atoms with van der Waals surface area (Å²) in [5, 5.41) is 3.04. The highest BCUT2D eigenvalue weighted by atomic mass is 16.5. The minimum Gasteiger partial charge on any atom is -0.489 e. The van der Waals surface area contributed by atoms with Crippen molar-refractivity contribution in [1.29, 1.82) is 0 Å². The van der Waals surface area contributed by atoms with Crippen LogP contribution in [0, 0.1) is 12.8 Å². The zero-order valence-corrected chi connectivity index (χ0v) is 19.1. The largest absolute Gasteiger partial charge is 0.489 e. The number of likely N-dealkylation sites (tertiary alicyclic amines) is 1. The van der Waals surface area contributed by atoms with E-state index in [1.54, 1.807) is 4.90 Å². The molecule has 2 saturated heterocycles. The first-order valence-electron chi connectivity index (χ1n) is 11.7. The first-order chi connectivity index (χ1) is 16.1. The second kappa shape index (κ2) is 11.2. The maximum Gasteiger partial charge on any atom is 0.260 e. The van der Waals surface area contributed by atoms with E-state index in [1.165, 1.54) is 0 Å². The van der Waals surface area contributed by atoms with E-state index in [2.05, 4.69) is 5.32 Å². The van der Waals surface area contributed by atoms with E-state index in [-0.39, 0.29) is 30.4 Å². The summed E-state index contributed by atoms with van der Waals surface area (Å²) in [4.78, 5) is 27.2. The lowest BCUT2D eigenvalue weighted by molar-refractivity contribution is -0.136. The number of carbonyl (C=O) groups excluding carboxylic acids is 2. The van der Waals surface area contributed by atoms with E-state index in [1.807, 2.05) is 55.5 Å². The van der Waals surface area contributed by atoms with Gasteiger partial charge in [-0.2, -0.15) is 0 Å². The number of piperidine rings is 1. The number of nitrogens with zero attached hydrogens (tertiary/aromatic N) is 1. The molecule has 2 aromatic carbocycles. The van der Waals surface area contributed by atoms with Crippen LogP contribution in [-0.2, 0) is 14.3 Å². The molecule has 0 bridgehead atoms. The first kappa shape index (κ1) is 23.1. The summed E-state index contributed by atoms with van der Waals surface area (Å²) in [6.07, 6.45) is 3.43. The molecule has 2 heterocycles. The lowest BCUT2D eigenvalue weighted by Crippen LogP contribution is -2.43. The predicted octanol–water partition coefficient (Wildman–Crippen LogP) is 3.81. The fourth-order valence-electron chi connectivity index (χ4n) is 4.19. The fourth-order valence-corrected chi connectivity index (χ4v) is 4.19. The van der Waals surface area contributed by atoms with E-state index in [4.69, 9.17) is 14.2 Å². The van der Waals surface area contributed by atoms with Gasteiger partial charge in [-0.1, -0.05) is 24.3 Å². The third-order valence-corrected chi connectivity index (χ3v) is 6.17. The van der Waals surface area contributed by atoms with Crippen LogP contribution in [0.3, 0.4) is 0 Å². The van der Waals surface area contributed by atoms with Crippen molar-refractivity contribution in [2.45, 2.75) is 38.7 Å². The van der Waals surface area contributed by atoms with Crippen LogP contribution < -0.4 is 14.8 Å². The minimum absolute atomic E-state index is 0.00957. The number of amides is 2. The van der Waals surface area contributed by atoms with Crippen LogP contribution in [0.5, 0.6) is 11.5 Å². The Morgan fingerprint density at radius 2 is 1.85 bits per heavy atom. The van der Waals surface area contributed by atoms with Crippen LogP contribution in [-0.4, -0.2) is 55.7 Å². The molecule has 7 heteroatoms. The Bertz CT molecular complexity index is 935. The maximum atomic E-state index is 12.9. The molecular weight excluding hydrogens is 420 g/mol. The molecule has 1 N–H and O–H groups in total. The molecular formula is C26H32N2O5. The van der Waals surface area contributed by atoms with Crippen molar-refractivity contribution in [2.24, 2.45) is 5.92 Å². The molecule has 2 aliphatic heterocycles. The minimum atomic E-state index is -0.142. The standard InChI is InChI=1S/C26H32N2O5/c1-19-9-10-23(24(16-19)33-17-22-8-5-15-31-22)27-26(30)20-11-13-28(14-12-20)25(29)18-32-21-6-3-2-4-7-21/h2-4,6-7,9-10,16,20,22H,5,8,11-15,17-18H2,1H3,(H,27,30). The molecule has 0 spiro atoms. The number of nitrogens with one attached hydrogen (secondary N) is 1. The summed E-state index contributed by atoms with van der Waals surface area (Å²) in [5.41, 5.74) is 1.75. The zero-order valence-electron chi connectivity index (χ0n) is 19.1. The zero-order chi connectivity index (χ0) is 23.0. The summed E-state index contributed by atoms with van der Waals surface area (Å²) in [7, 11) is 0. The molecule has 2 aliphatic rings. The van der Waals surface area contributed by atoms with Gasteiger partial charge in [-0.25, -0.2) is 0 Å². The monoisotopic (exact) mass is 452 g/mol. The summed E-state index contributed by atoms with van der Waals surface area (Å²) in [6, 6.07) is 15.1. The van der Waals surface area contributed by atoms with Crippen molar-refractivity contribution in [3.05, 3.63) is 54.1 Å². The molecule has 0 saturated carbocycles. The van der Waals surface area contributed by atoms with E-state index in [9.17, 15) is 9.59 Å². The van der Waals surface area contributed by atoms with Gasteiger partial charge in [0, 0.05) is 25.6 Å². The molecule has 1 unspecified atom stereocenters. The predicted molar refractivity (Wildman–Crippen MR) is 126 cm³/mol. The molecule has 0 radical (unpaired) electrons. The molecule has 0 aromatic heterocycles. The number of hydrogen-bond acceptors (Lipinski definition) is 5. The summed E-state index contributed by atoms with van der Waals surface area (Å²) in [5.74, 6) is 1.12. The highest BCUT2D eigenvalue weighted by Crippen LogP contribution is 2.29. The number of carbonyl (C=O) groups is 2. The van der Waals surface area contributed by atoms with Crippen molar-refractivity contribution < 1.29 is 23.8 Å². The topological polar surface area (TPSA) is 77.1 Å². The van der Waals surface area contributed by atoms with Crippen LogP contribution >= 0.6 is 0 Å². The third-order valence-electron chi connectivity index (χ3n) is 6.17. The van der Waals surface area contributed by atoms with E-state index < -0.39 is 0 Å². The number of anilines is 1. The smallest absolute Gasteiger partial charge is 0.260 e.